The molecule has 1 aromatic carbocycles. The monoisotopic (exact) mass is 198 g/mol. The Morgan fingerprint density at radius 3 is 2.73 bits per heavy atom. The van der Waals surface area contributed by atoms with Gasteiger partial charge in [0.05, 0.1) is 5.69 Å². The Balaban J connectivity index is 1.91. The lowest BCUT2D eigenvalue weighted by Gasteiger charge is -2.09. The van der Waals surface area contributed by atoms with Crippen LogP contribution < -0.4 is 10.1 Å². The van der Waals surface area contributed by atoms with E-state index in [1.807, 2.05) is 42.5 Å². The Morgan fingerprint density at radius 2 is 1.93 bits per heavy atom. The van der Waals surface area contributed by atoms with Gasteiger partial charge in [-0.3, -0.25) is 4.98 Å². The van der Waals surface area contributed by atoms with Crippen molar-refractivity contribution in [2.75, 3.05) is 5.32 Å². The average molecular weight is 198 g/mol. The zero-order valence-corrected chi connectivity index (χ0v) is 8.05. The van der Waals surface area contributed by atoms with Crippen molar-refractivity contribution in [1.82, 2.24) is 4.98 Å². The number of nitrogens with zero attached hydrogens (tertiary/aromatic N) is 1. The summed E-state index contributed by atoms with van der Waals surface area (Å²) in [7, 11) is 0. The van der Waals surface area contributed by atoms with Crippen molar-refractivity contribution in [3.05, 3.63) is 54.4 Å². The van der Waals surface area contributed by atoms with E-state index in [0.717, 1.165) is 17.1 Å². The minimum absolute atomic E-state index is 0.163. The maximum Gasteiger partial charge on any atom is 0.213 e. The molecule has 1 atom stereocenters. The molecular formula is C12H10N2O. The standard InChI is InChI=1S/C12H10N2O/c1-2-7-11-9(5-1)14-12(15-11)10-6-3-4-8-13-10/h1-8,12,14H. The second-order valence-corrected chi connectivity index (χ2v) is 3.39. The molecule has 0 saturated carbocycles. The van der Waals surface area contributed by atoms with Crippen LogP contribution in [0.3, 0.4) is 0 Å². The summed E-state index contributed by atoms with van der Waals surface area (Å²) < 4.78 is 5.72. The van der Waals surface area contributed by atoms with Crippen molar-refractivity contribution in [2.24, 2.45) is 0 Å². The van der Waals surface area contributed by atoms with Gasteiger partial charge in [0.25, 0.3) is 0 Å². The third kappa shape index (κ3) is 1.42. The molecule has 0 fully saturated rings. The van der Waals surface area contributed by atoms with E-state index in [4.69, 9.17) is 4.74 Å². The number of rotatable bonds is 1. The van der Waals surface area contributed by atoms with Crippen LogP contribution in [-0.2, 0) is 0 Å². The zero-order chi connectivity index (χ0) is 10.1. The number of para-hydroxylation sites is 2. The highest BCUT2D eigenvalue weighted by Crippen LogP contribution is 2.36. The van der Waals surface area contributed by atoms with Gasteiger partial charge in [0.15, 0.2) is 0 Å². The first-order chi connectivity index (χ1) is 7.43. The molecule has 2 aromatic rings. The van der Waals surface area contributed by atoms with Crippen molar-refractivity contribution >= 4 is 5.69 Å². The molecule has 0 amide bonds. The van der Waals surface area contributed by atoms with Crippen LogP contribution in [0.4, 0.5) is 5.69 Å². The fraction of sp³-hybridized carbons (Fsp3) is 0.0833. The van der Waals surface area contributed by atoms with Gasteiger partial charge in [-0.25, -0.2) is 0 Å². The van der Waals surface area contributed by atoms with Crippen LogP contribution in [-0.4, -0.2) is 4.98 Å². The first kappa shape index (κ1) is 8.29. The predicted octanol–water partition coefficient (Wildman–Crippen LogP) is 2.58. The maximum atomic E-state index is 5.72. The van der Waals surface area contributed by atoms with Crippen LogP contribution in [0.1, 0.15) is 11.9 Å². The van der Waals surface area contributed by atoms with Crippen molar-refractivity contribution in [3.63, 3.8) is 0 Å². The van der Waals surface area contributed by atoms with Crippen LogP contribution >= 0.6 is 0 Å². The van der Waals surface area contributed by atoms with Crippen LogP contribution in [0.2, 0.25) is 0 Å². The molecule has 3 heteroatoms. The van der Waals surface area contributed by atoms with Gasteiger partial charge in [-0.05, 0) is 24.3 Å². The van der Waals surface area contributed by atoms with E-state index in [1.165, 1.54) is 0 Å². The molecule has 1 aliphatic rings. The van der Waals surface area contributed by atoms with Crippen LogP contribution in [0.5, 0.6) is 5.75 Å². The number of ether oxygens (including phenoxy) is 1. The summed E-state index contributed by atoms with van der Waals surface area (Å²) in [6.45, 7) is 0. The van der Waals surface area contributed by atoms with Crippen molar-refractivity contribution in [1.29, 1.82) is 0 Å². The molecule has 1 unspecified atom stereocenters. The molecular weight excluding hydrogens is 188 g/mol. The normalized spacial score (nSPS) is 17.7. The molecule has 74 valence electrons. The summed E-state index contributed by atoms with van der Waals surface area (Å²) >= 11 is 0. The Bertz CT molecular complexity index is 445. The van der Waals surface area contributed by atoms with Crippen molar-refractivity contribution < 1.29 is 4.74 Å². The van der Waals surface area contributed by atoms with E-state index >= 15 is 0 Å². The second-order valence-electron chi connectivity index (χ2n) is 3.39. The van der Waals surface area contributed by atoms with Gasteiger partial charge in [0.2, 0.25) is 6.23 Å². The topological polar surface area (TPSA) is 34.1 Å². The lowest BCUT2D eigenvalue weighted by atomic mass is 10.3. The number of hydrogen-bond acceptors (Lipinski definition) is 3. The van der Waals surface area contributed by atoms with Crippen LogP contribution in [0.15, 0.2) is 48.7 Å². The van der Waals surface area contributed by atoms with E-state index in [2.05, 4.69) is 10.3 Å². The van der Waals surface area contributed by atoms with Gasteiger partial charge < -0.3 is 10.1 Å². The quantitative estimate of drug-likeness (QED) is 0.764. The van der Waals surface area contributed by atoms with Gasteiger partial charge in [-0.1, -0.05) is 18.2 Å². The van der Waals surface area contributed by atoms with E-state index in [-0.39, 0.29) is 6.23 Å². The fourth-order valence-electron chi connectivity index (χ4n) is 1.65. The second kappa shape index (κ2) is 3.28. The Kier molecular flexibility index (Phi) is 1.81. The number of aromatic nitrogens is 1. The van der Waals surface area contributed by atoms with E-state index in [0.29, 0.717) is 0 Å². The van der Waals surface area contributed by atoms with Gasteiger partial charge in [-0.15, -0.1) is 0 Å². The lowest BCUT2D eigenvalue weighted by molar-refractivity contribution is 0.254. The number of anilines is 1. The maximum absolute atomic E-state index is 5.72. The SMILES string of the molecule is c1ccc(C2Nc3ccccc3O2)nc1. The molecule has 0 saturated heterocycles. The van der Waals surface area contributed by atoms with Gasteiger partial charge in [0, 0.05) is 6.20 Å². The fourth-order valence-corrected chi connectivity index (χ4v) is 1.65. The minimum Gasteiger partial charge on any atom is -0.463 e. The molecule has 0 spiro atoms. The summed E-state index contributed by atoms with van der Waals surface area (Å²) in [4.78, 5) is 4.26. The molecule has 3 rings (SSSR count). The van der Waals surface area contributed by atoms with Crippen LogP contribution in [0.25, 0.3) is 0 Å². The van der Waals surface area contributed by atoms with E-state index in [9.17, 15) is 0 Å². The molecule has 1 aliphatic heterocycles. The third-order valence-electron chi connectivity index (χ3n) is 2.37. The molecule has 1 aromatic heterocycles. The summed E-state index contributed by atoms with van der Waals surface area (Å²) in [5, 5.41) is 3.27. The highest BCUT2D eigenvalue weighted by Gasteiger charge is 2.23. The highest BCUT2D eigenvalue weighted by molar-refractivity contribution is 5.60. The molecule has 0 bridgehead atoms. The highest BCUT2D eigenvalue weighted by atomic mass is 16.5. The van der Waals surface area contributed by atoms with Crippen molar-refractivity contribution in [2.45, 2.75) is 6.23 Å². The molecule has 15 heavy (non-hydrogen) atoms. The summed E-state index contributed by atoms with van der Waals surface area (Å²) in [6, 6.07) is 13.7. The third-order valence-corrected chi connectivity index (χ3v) is 2.37. The summed E-state index contributed by atoms with van der Waals surface area (Å²) in [5.41, 5.74) is 1.92. The summed E-state index contributed by atoms with van der Waals surface area (Å²) in [5.74, 6) is 0.883. The Morgan fingerprint density at radius 1 is 1.07 bits per heavy atom. The Labute approximate surface area is 87.7 Å². The van der Waals surface area contributed by atoms with Crippen molar-refractivity contribution in [3.8, 4) is 5.75 Å². The first-order valence-corrected chi connectivity index (χ1v) is 4.87. The number of fused-ring (bicyclic) bond motifs is 1. The Hall–Kier alpha value is -2.03. The average Bonchev–Trinajstić information content (AvgIpc) is 2.74. The van der Waals surface area contributed by atoms with E-state index < -0.39 is 0 Å². The number of nitrogens with one attached hydrogen (secondary N) is 1. The zero-order valence-electron chi connectivity index (χ0n) is 8.05. The van der Waals surface area contributed by atoms with Gasteiger partial charge in [0.1, 0.15) is 11.4 Å². The largest absolute Gasteiger partial charge is 0.463 e. The van der Waals surface area contributed by atoms with E-state index in [1.54, 1.807) is 6.20 Å². The lowest BCUT2D eigenvalue weighted by Crippen LogP contribution is -2.11. The molecule has 1 N–H and O–H groups in total. The molecule has 2 heterocycles. The minimum atomic E-state index is -0.163. The van der Waals surface area contributed by atoms with Gasteiger partial charge >= 0.3 is 0 Å². The van der Waals surface area contributed by atoms with Gasteiger partial charge in [-0.2, -0.15) is 0 Å². The first-order valence-electron chi connectivity index (χ1n) is 4.87. The predicted molar refractivity (Wildman–Crippen MR) is 57.7 cm³/mol. The smallest absolute Gasteiger partial charge is 0.213 e. The van der Waals surface area contributed by atoms with Crippen LogP contribution in [0, 0.1) is 0 Å². The number of benzene rings is 1. The molecule has 0 radical (unpaired) electrons. The molecule has 0 aliphatic carbocycles. The molecule has 3 nitrogen and oxygen atoms in total. The number of hydrogen-bond donors (Lipinski definition) is 1. The number of pyridine rings is 1. The summed E-state index contributed by atoms with van der Waals surface area (Å²) in [6.07, 6.45) is 1.60.